The third-order valence-corrected chi connectivity index (χ3v) is 4.07. The van der Waals surface area contributed by atoms with Crippen molar-refractivity contribution in [2.24, 2.45) is 0 Å². The zero-order valence-corrected chi connectivity index (χ0v) is 12.2. The van der Waals surface area contributed by atoms with Crippen LogP contribution in [0.3, 0.4) is 0 Å². The van der Waals surface area contributed by atoms with E-state index in [0.29, 0.717) is 11.3 Å². The van der Waals surface area contributed by atoms with E-state index < -0.39 is 0 Å². The number of hydrogen-bond donors (Lipinski definition) is 1. The van der Waals surface area contributed by atoms with Crippen LogP contribution in [0.5, 0.6) is 0 Å². The monoisotopic (exact) mass is 266 g/mol. The SMILES string of the molecule is CC(C)NCc1cnc(N2CCSC(C)C2)nc1. The van der Waals surface area contributed by atoms with E-state index in [9.17, 15) is 0 Å². The molecule has 0 amide bonds. The largest absolute Gasteiger partial charge is 0.339 e. The Balaban J connectivity index is 1.94. The first-order chi connectivity index (χ1) is 8.65. The lowest BCUT2D eigenvalue weighted by Gasteiger charge is -2.30. The summed E-state index contributed by atoms with van der Waals surface area (Å²) in [6.07, 6.45) is 3.87. The van der Waals surface area contributed by atoms with E-state index in [1.165, 1.54) is 5.75 Å². The molecule has 1 fully saturated rings. The summed E-state index contributed by atoms with van der Waals surface area (Å²) in [5.74, 6) is 2.04. The van der Waals surface area contributed by atoms with E-state index >= 15 is 0 Å². The van der Waals surface area contributed by atoms with Crippen LogP contribution in [-0.2, 0) is 6.54 Å². The van der Waals surface area contributed by atoms with E-state index in [-0.39, 0.29) is 0 Å². The lowest BCUT2D eigenvalue weighted by atomic mass is 10.3. The van der Waals surface area contributed by atoms with E-state index in [4.69, 9.17) is 0 Å². The molecule has 0 spiro atoms. The zero-order valence-electron chi connectivity index (χ0n) is 11.4. The van der Waals surface area contributed by atoms with Gasteiger partial charge in [-0.1, -0.05) is 20.8 Å². The first-order valence-corrected chi connectivity index (χ1v) is 7.61. The zero-order chi connectivity index (χ0) is 13.0. The van der Waals surface area contributed by atoms with Crippen LogP contribution in [0.25, 0.3) is 0 Å². The minimum absolute atomic E-state index is 0.490. The van der Waals surface area contributed by atoms with Gasteiger partial charge in [-0.2, -0.15) is 11.8 Å². The standard InChI is InChI=1S/C13H22N4S/c1-10(2)14-6-12-7-15-13(16-8-12)17-4-5-18-11(3)9-17/h7-8,10-11,14H,4-6,9H2,1-3H3. The average molecular weight is 266 g/mol. The van der Waals surface area contributed by atoms with Crippen LogP contribution < -0.4 is 10.2 Å². The van der Waals surface area contributed by atoms with Crippen molar-refractivity contribution in [2.75, 3.05) is 23.7 Å². The fourth-order valence-electron chi connectivity index (χ4n) is 1.92. The Bertz CT molecular complexity index is 366. The molecule has 0 aromatic carbocycles. The Morgan fingerprint density at radius 1 is 1.44 bits per heavy atom. The molecule has 1 saturated heterocycles. The Morgan fingerprint density at radius 2 is 2.17 bits per heavy atom. The maximum Gasteiger partial charge on any atom is 0.225 e. The molecule has 0 radical (unpaired) electrons. The first-order valence-electron chi connectivity index (χ1n) is 6.56. The van der Waals surface area contributed by atoms with Crippen LogP contribution >= 0.6 is 11.8 Å². The van der Waals surface area contributed by atoms with Crippen molar-refractivity contribution in [3.05, 3.63) is 18.0 Å². The summed E-state index contributed by atoms with van der Waals surface area (Å²) in [4.78, 5) is 11.2. The second-order valence-corrected chi connectivity index (χ2v) is 6.60. The number of nitrogens with zero attached hydrogens (tertiary/aromatic N) is 3. The summed E-state index contributed by atoms with van der Waals surface area (Å²) in [7, 11) is 0. The quantitative estimate of drug-likeness (QED) is 0.901. The molecule has 0 saturated carbocycles. The van der Waals surface area contributed by atoms with Gasteiger partial charge < -0.3 is 10.2 Å². The minimum atomic E-state index is 0.490. The molecule has 1 atom stereocenters. The normalized spacial score (nSPS) is 20.4. The van der Waals surface area contributed by atoms with E-state index in [1.807, 2.05) is 24.2 Å². The van der Waals surface area contributed by atoms with Crippen molar-refractivity contribution in [1.29, 1.82) is 0 Å². The topological polar surface area (TPSA) is 41.1 Å². The van der Waals surface area contributed by atoms with Gasteiger partial charge in [0.1, 0.15) is 0 Å². The molecule has 0 bridgehead atoms. The van der Waals surface area contributed by atoms with Crippen molar-refractivity contribution < 1.29 is 0 Å². The van der Waals surface area contributed by atoms with Gasteiger partial charge in [0.2, 0.25) is 5.95 Å². The molecule has 5 heteroatoms. The summed E-state index contributed by atoms with van der Waals surface area (Å²) in [5.41, 5.74) is 1.15. The predicted molar refractivity (Wildman–Crippen MR) is 78.1 cm³/mol. The van der Waals surface area contributed by atoms with Gasteiger partial charge in [0, 0.05) is 54.6 Å². The van der Waals surface area contributed by atoms with Gasteiger partial charge in [-0.15, -0.1) is 0 Å². The van der Waals surface area contributed by atoms with Crippen LogP contribution in [0.1, 0.15) is 26.3 Å². The van der Waals surface area contributed by atoms with Gasteiger partial charge in [-0.05, 0) is 0 Å². The van der Waals surface area contributed by atoms with Gasteiger partial charge in [-0.25, -0.2) is 9.97 Å². The highest BCUT2D eigenvalue weighted by Crippen LogP contribution is 2.20. The van der Waals surface area contributed by atoms with E-state index in [0.717, 1.165) is 31.1 Å². The number of thioether (sulfide) groups is 1. The molecule has 1 N–H and O–H groups in total. The molecule has 1 aromatic rings. The Hall–Kier alpha value is -0.810. The van der Waals surface area contributed by atoms with E-state index in [2.05, 4.69) is 41.0 Å². The fourth-order valence-corrected chi connectivity index (χ4v) is 2.94. The van der Waals surface area contributed by atoms with Crippen molar-refractivity contribution in [1.82, 2.24) is 15.3 Å². The summed E-state index contributed by atoms with van der Waals surface area (Å²) >= 11 is 2.02. The maximum absolute atomic E-state index is 4.48. The highest BCUT2D eigenvalue weighted by molar-refractivity contribution is 8.00. The maximum atomic E-state index is 4.48. The third kappa shape index (κ3) is 3.85. The van der Waals surface area contributed by atoms with Crippen molar-refractivity contribution >= 4 is 17.7 Å². The summed E-state index contributed by atoms with van der Waals surface area (Å²) < 4.78 is 0. The molecule has 1 aliphatic heterocycles. The summed E-state index contributed by atoms with van der Waals surface area (Å²) in [6.45, 7) is 9.48. The highest BCUT2D eigenvalue weighted by atomic mass is 32.2. The lowest BCUT2D eigenvalue weighted by Crippen LogP contribution is -2.37. The van der Waals surface area contributed by atoms with Gasteiger partial charge >= 0.3 is 0 Å². The smallest absolute Gasteiger partial charge is 0.225 e. The number of hydrogen-bond acceptors (Lipinski definition) is 5. The molecule has 1 unspecified atom stereocenters. The van der Waals surface area contributed by atoms with Gasteiger partial charge in [0.15, 0.2) is 0 Å². The third-order valence-electron chi connectivity index (χ3n) is 2.93. The highest BCUT2D eigenvalue weighted by Gasteiger charge is 2.18. The number of aromatic nitrogens is 2. The van der Waals surface area contributed by atoms with Crippen LogP contribution in [-0.4, -0.2) is 40.1 Å². The van der Waals surface area contributed by atoms with Crippen molar-refractivity contribution in [3.8, 4) is 0 Å². The summed E-state index contributed by atoms with van der Waals surface area (Å²) in [6, 6.07) is 0.490. The van der Waals surface area contributed by atoms with Crippen LogP contribution in [0, 0.1) is 0 Å². The van der Waals surface area contributed by atoms with Crippen molar-refractivity contribution in [3.63, 3.8) is 0 Å². The molecule has 18 heavy (non-hydrogen) atoms. The molecule has 100 valence electrons. The van der Waals surface area contributed by atoms with Gasteiger partial charge in [-0.3, -0.25) is 0 Å². The molecule has 0 aliphatic carbocycles. The average Bonchev–Trinajstić information content (AvgIpc) is 2.37. The minimum Gasteiger partial charge on any atom is -0.339 e. The molecule has 1 aromatic heterocycles. The Morgan fingerprint density at radius 3 is 2.78 bits per heavy atom. The molecular formula is C13H22N4S. The van der Waals surface area contributed by atoms with Gasteiger partial charge in [0.25, 0.3) is 0 Å². The molecule has 1 aliphatic rings. The second-order valence-electron chi connectivity index (χ2n) is 5.05. The van der Waals surface area contributed by atoms with Crippen LogP contribution in [0.4, 0.5) is 5.95 Å². The molecule has 2 rings (SSSR count). The Kier molecular flexibility index (Phi) is 4.83. The molecule has 4 nitrogen and oxygen atoms in total. The second kappa shape index (κ2) is 6.38. The van der Waals surface area contributed by atoms with Gasteiger partial charge in [0.05, 0.1) is 0 Å². The molecular weight excluding hydrogens is 244 g/mol. The molecule has 2 heterocycles. The lowest BCUT2D eigenvalue weighted by molar-refractivity contribution is 0.586. The predicted octanol–water partition coefficient (Wildman–Crippen LogP) is 1.92. The number of rotatable bonds is 4. The fraction of sp³-hybridized carbons (Fsp3) is 0.692. The first kappa shape index (κ1) is 13.6. The van der Waals surface area contributed by atoms with Crippen LogP contribution in [0.2, 0.25) is 0 Å². The number of anilines is 1. The van der Waals surface area contributed by atoms with Crippen LogP contribution in [0.15, 0.2) is 12.4 Å². The summed E-state index contributed by atoms with van der Waals surface area (Å²) in [5, 5.41) is 4.04. The Labute approximate surface area is 114 Å². The number of nitrogens with one attached hydrogen (secondary N) is 1. The van der Waals surface area contributed by atoms with Crippen molar-refractivity contribution in [2.45, 2.75) is 38.6 Å². The van der Waals surface area contributed by atoms with E-state index in [1.54, 1.807) is 0 Å².